The molecule has 100 valence electrons. The van der Waals surface area contributed by atoms with E-state index in [9.17, 15) is 4.79 Å². The molecule has 1 fully saturated rings. The molecule has 0 radical (unpaired) electrons. The summed E-state index contributed by atoms with van der Waals surface area (Å²) in [6.45, 7) is 0. The highest BCUT2D eigenvalue weighted by Gasteiger charge is 2.25. The van der Waals surface area contributed by atoms with Gasteiger partial charge in [0.15, 0.2) is 11.5 Å². The predicted molar refractivity (Wildman–Crippen MR) is 70.2 cm³/mol. The Morgan fingerprint density at radius 2 is 2.05 bits per heavy atom. The molecule has 0 unspecified atom stereocenters. The van der Waals surface area contributed by atoms with Crippen LogP contribution in [0.5, 0.6) is 0 Å². The Labute approximate surface area is 110 Å². The summed E-state index contributed by atoms with van der Waals surface area (Å²) < 4.78 is 0. The van der Waals surface area contributed by atoms with E-state index in [1.165, 1.54) is 6.33 Å². The third-order valence-corrected chi connectivity index (χ3v) is 3.69. The van der Waals surface area contributed by atoms with Gasteiger partial charge in [0.2, 0.25) is 5.91 Å². The largest absolute Gasteiger partial charge is 0.369 e. The lowest BCUT2D eigenvalue weighted by Gasteiger charge is -2.27. The Balaban J connectivity index is 1.69. The molecule has 0 atom stereocenters. The minimum absolute atomic E-state index is 0.0237. The first-order valence-corrected chi connectivity index (χ1v) is 6.44. The van der Waals surface area contributed by atoms with Crippen LogP contribution in [0.25, 0.3) is 11.2 Å². The molecular weight excluding hydrogens is 244 g/mol. The average Bonchev–Trinajstić information content (AvgIpc) is 2.89. The van der Waals surface area contributed by atoms with Crippen LogP contribution in [0.4, 0.5) is 5.82 Å². The van der Waals surface area contributed by atoms with Gasteiger partial charge >= 0.3 is 0 Å². The maximum absolute atomic E-state index is 11.1. The lowest BCUT2D eigenvalue weighted by molar-refractivity contribution is -0.122. The van der Waals surface area contributed by atoms with Gasteiger partial charge in [-0.15, -0.1) is 0 Å². The number of nitrogens with one attached hydrogen (secondary N) is 2. The van der Waals surface area contributed by atoms with Crippen LogP contribution in [-0.2, 0) is 4.79 Å². The van der Waals surface area contributed by atoms with Crippen molar-refractivity contribution in [1.29, 1.82) is 0 Å². The van der Waals surface area contributed by atoms with Crippen molar-refractivity contribution in [3.05, 3.63) is 12.7 Å². The van der Waals surface area contributed by atoms with E-state index in [4.69, 9.17) is 5.73 Å². The molecule has 0 aliphatic heterocycles. The average molecular weight is 260 g/mol. The van der Waals surface area contributed by atoms with Gasteiger partial charge in [-0.25, -0.2) is 15.0 Å². The van der Waals surface area contributed by atoms with Crippen molar-refractivity contribution in [3.8, 4) is 0 Å². The molecule has 7 heteroatoms. The first-order chi connectivity index (χ1) is 9.24. The number of fused-ring (bicyclic) bond motifs is 1. The summed E-state index contributed by atoms with van der Waals surface area (Å²) in [5, 5.41) is 3.39. The van der Waals surface area contributed by atoms with Crippen molar-refractivity contribution in [3.63, 3.8) is 0 Å². The number of rotatable bonds is 3. The van der Waals surface area contributed by atoms with Crippen molar-refractivity contribution in [2.45, 2.75) is 31.7 Å². The lowest BCUT2D eigenvalue weighted by Crippen LogP contribution is -2.32. The number of amides is 1. The van der Waals surface area contributed by atoms with E-state index in [1.54, 1.807) is 6.33 Å². The van der Waals surface area contributed by atoms with E-state index in [0.717, 1.165) is 37.0 Å². The summed E-state index contributed by atoms with van der Waals surface area (Å²) in [6, 6.07) is 0.317. The van der Waals surface area contributed by atoms with Crippen LogP contribution in [0.15, 0.2) is 12.7 Å². The number of imidazole rings is 1. The molecule has 7 nitrogen and oxygen atoms in total. The SMILES string of the molecule is NC(=O)C1CCC(Nc2ncnc3nc[nH]c23)CC1. The molecule has 2 aromatic rings. The molecule has 1 aliphatic carbocycles. The van der Waals surface area contributed by atoms with Crippen LogP contribution in [0.2, 0.25) is 0 Å². The summed E-state index contributed by atoms with van der Waals surface area (Å²) >= 11 is 0. The number of carbonyl (C=O) groups excluding carboxylic acids is 1. The highest BCUT2D eigenvalue weighted by Crippen LogP contribution is 2.27. The zero-order valence-electron chi connectivity index (χ0n) is 10.5. The molecule has 0 bridgehead atoms. The van der Waals surface area contributed by atoms with Crippen molar-refractivity contribution in [2.75, 3.05) is 5.32 Å². The lowest BCUT2D eigenvalue weighted by atomic mass is 9.85. The second-order valence-corrected chi connectivity index (χ2v) is 4.92. The fourth-order valence-electron chi connectivity index (χ4n) is 2.59. The van der Waals surface area contributed by atoms with Gasteiger partial charge in [-0.1, -0.05) is 0 Å². The molecule has 1 amide bonds. The molecule has 0 spiro atoms. The van der Waals surface area contributed by atoms with Crippen molar-refractivity contribution in [2.24, 2.45) is 11.7 Å². The summed E-state index contributed by atoms with van der Waals surface area (Å²) in [5.41, 5.74) is 6.81. The smallest absolute Gasteiger partial charge is 0.220 e. The number of hydrogen-bond acceptors (Lipinski definition) is 5. The minimum atomic E-state index is -0.184. The first kappa shape index (κ1) is 11.9. The van der Waals surface area contributed by atoms with Gasteiger partial charge in [0.05, 0.1) is 6.33 Å². The van der Waals surface area contributed by atoms with E-state index in [1.807, 2.05) is 0 Å². The zero-order chi connectivity index (χ0) is 13.2. The zero-order valence-corrected chi connectivity index (χ0v) is 10.5. The van der Waals surface area contributed by atoms with Gasteiger partial charge in [0, 0.05) is 12.0 Å². The number of anilines is 1. The molecule has 1 saturated carbocycles. The molecule has 19 heavy (non-hydrogen) atoms. The number of primary amides is 1. The van der Waals surface area contributed by atoms with Crippen LogP contribution in [0.3, 0.4) is 0 Å². The second-order valence-electron chi connectivity index (χ2n) is 4.92. The Bertz CT molecular complexity index is 587. The summed E-state index contributed by atoms with van der Waals surface area (Å²) in [5.74, 6) is 0.608. The number of aromatic amines is 1. The number of H-pyrrole nitrogens is 1. The third-order valence-electron chi connectivity index (χ3n) is 3.69. The molecule has 3 rings (SSSR count). The van der Waals surface area contributed by atoms with Crippen molar-refractivity contribution >= 4 is 22.9 Å². The van der Waals surface area contributed by atoms with E-state index < -0.39 is 0 Å². The van der Waals surface area contributed by atoms with Crippen molar-refractivity contribution in [1.82, 2.24) is 19.9 Å². The fourth-order valence-corrected chi connectivity index (χ4v) is 2.59. The van der Waals surface area contributed by atoms with E-state index in [-0.39, 0.29) is 11.8 Å². The molecule has 1 aliphatic rings. The first-order valence-electron chi connectivity index (χ1n) is 6.44. The van der Waals surface area contributed by atoms with E-state index in [0.29, 0.717) is 11.7 Å². The Morgan fingerprint density at radius 1 is 1.26 bits per heavy atom. The van der Waals surface area contributed by atoms with Crippen LogP contribution >= 0.6 is 0 Å². The maximum Gasteiger partial charge on any atom is 0.220 e. The molecule has 0 saturated heterocycles. The minimum Gasteiger partial charge on any atom is -0.369 e. The van der Waals surface area contributed by atoms with Crippen LogP contribution in [-0.4, -0.2) is 31.9 Å². The Hall–Kier alpha value is -2.18. The maximum atomic E-state index is 11.1. The Kier molecular flexibility index (Phi) is 3.02. The summed E-state index contributed by atoms with van der Waals surface area (Å²) in [7, 11) is 0. The fraction of sp³-hybridized carbons (Fsp3) is 0.500. The molecule has 0 aromatic carbocycles. The second kappa shape index (κ2) is 4.83. The van der Waals surface area contributed by atoms with Gasteiger partial charge in [0.25, 0.3) is 0 Å². The quantitative estimate of drug-likeness (QED) is 0.756. The molecular formula is C12H16N6O. The molecule has 4 N–H and O–H groups in total. The molecule has 2 aromatic heterocycles. The number of carbonyl (C=O) groups is 1. The number of nitrogens with two attached hydrogens (primary N) is 1. The van der Waals surface area contributed by atoms with Crippen LogP contribution in [0, 0.1) is 5.92 Å². The Morgan fingerprint density at radius 3 is 2.79 bits per heavy atom. The van der Waals surface area contributed by atoms with Gasteiger partial charge < -0.3 is 16.0 Å². The van der Waals surface area contributed by atoms with E-state index in [2.05, 4.69) is 25.3 Å². The number of nitrogens with zero attached hydrogens (tertiary/aromatic N) is 3. The van der Waals surface area contributed by atoms with Gasteiger partial charge in [-0.05, 0) is 25.7 Å². The van der Waals surface area contributed by atoms with Crippen LogP contribution < -0.4 is 11.1 Å². The monoisotopic (exact) mass is 260 g/mol. The highest BCUT2D eigenvalue weighted by molar-refractivity contribution is 5.82. The van der Waals surface area contributed by atoms with Gasteiger partial charge in [0.1, 0.15) is 11.8 Å². The van der Waals surface area contributed by atoms with Crippen LogP contribution in [0.1, 0.15) is 25.7 Å². The predicted octanol–water partition coefficient (Wildman–Crippen LogP) is 0.809. The standard InChI is InChI=1S/C12H16N6O/c13-10(19)7-1-3-8(4-2-7)18-12-9-11(15-5-14-9)16-6-17-12/h5-8H,1-4H2,(H2,13,19)(H2,14,15,16,17,18). The number of aromatic nitrogens is 4. The normalized spacial score (nSPS) is 23.4. The van der Waals surface area contributed by atoms with E-state index >= 15 is 0 Å². The third kappa shape index (κ3) is 2.35. The highest BCUT2D eigenvalue weighted by atomic mass is 16.1. The molecule has 2 heterocycles. The topological polar surface area (TPSA) is 110 Å². The van der Waals surface area contributed by atoms with Gasteiger partial charge in [-0.3, -0.25) is 4.79 Å². The summed E-state index contributed by atoms with van der Waals surface area (Å²) in [4.78, 5) is 26.6. The van der Waals surface area contributed by atoms with Gasteiger partial charge in [-0.2, -0.15) is 0 Å². The summed E-state index contributed by atoms with van der Waals surface area (Å²) in [6.07, 6.45) is 6.63. The van der Waals surface area contributed by atoms with Crippen molar-refractivity contribution < 1.29 is 4.79 Å². The number of hydrogen-bond donors (Lipinski definition) is 3.